The van der Waals surface area contributed by atoms with Crippen molar-refractivity contribution in [3.05, 3.63) is 59.4 Å². The summed E-state index contributed by atoms with van der Waals surface area (Å²) in [6.45, 7) is 0.391. The van der Waals surface area contributed by atoms with Crippen LogP contribution in [-0.2, 0) is 14.8 Å². The molecule has 158 valence electrons. The molecular formula is C21H19F3N2O3S. The molecule has 0 amide bonds. The van der Waals surface area contributed by atoms with Gasteiger partial charge in [-0.1, -0.05) is 0 Å². The van der Waals surface area contributed by atoms with Crippen LogP contribution in [0.2, 0.25) is 0 Å². The first-order chi connectivity index (χ1) is 14.3. The van der Waals surface area contributed by atoms with Crippen molar-refractivity contribution in [2.24, 2.45) is 0 Å². The molecule has 2 fully saturated rings. The minimum absolute atomic E-state index is 0.0923. The van der Waals surface area contributed by atoms with Crippen molar-refractivity contribution < 1.29 is 26.3 Å². The standard InChI is InChI=1S/C21H19F3N2O3S/c22-13-3-1-11(2-4-13)20-19(17-7-14(23)8-18(24)21(17)25-20)12-5-15(6-12)26-30(27,28)16-9-29-10-16/h1-4,7-8,12,15-16,25-26H,5-6,9-10H2/t12-,15+. The van der Waals surface area contributed by atoms with E-state index in [0.717, 1.165) is 11.6 Å². The van der Waals surface area contributed by atoms with Gasteiger partial charge in [0, 0.05) is 17.5 Å². The van der Waals surface area contributed by atoms with Gasteiger partial charge < -0.3 is 9.72 Å². The summed E-state index contributed by atoms with van der Waals surface area (Å²) in [4.78, 5) is 3.02. The van der Waals surface area contributed by atoms with E-state index in [4.69, 9.17) is 4.74 Å². The summed E-state index contributed by atoms with van der Waals surface area (Å²) in [7, 11) is -3.44. The van der Waals surface area contributed by atoms with E-state index in [-0.39, 0.29) is 30.7 Å². The summed E-state index contributed by atoms with van der Waals surface area (Å²) < 4.78 is 74.0. The summed E-state index contributed by atoms with van der Waals surface area (Å²) in [5.41, 5.74) is 2.14. The first-order valence-corrected chi connectivity index (χ1v) is 11.2. The van der Waals surface area contributed by atoms with Crippen LogP contribution < -0.4 is 4.72 Å². The number of halogens is 3. The number of rotatable bonds is 5. The lowest BCUT2D eigenvalue weighted by Gasteiger charge is -2.38. The van der Waals surface area contributed by atoms with E-state index >= 15 is 0 Å². The van der Waals surface area contributed by atoms with Crippen molar-refractivity contribution in [1.29, 1.82) is 0 Å². The molecular weight excluding hydrogens is 417 g/mol. The Kier molecular flexibility index (Phi) is 4.64. The molecule has 1 aromatic heterocycles. The molecule has 0 radical (unpaired) electrons. The molecule has 2 aromatic carbocycles. The smallest absolute Gasteiger partial charge is 0.219 e. The average Bonchev–Trinajstić information content (AvgIpc) is 2.95. The van der Waals surface area contributed by atoms with E-state index in [0.29, 0.717) is 29.5 Å². The fourth-order valence-electron chi connectivity index (χ4n) is 4.18. The molecule has 0 atom stereocenters. The van der Waals surface area contributed by atoms with Gasteiger partial charge in [-0.3, -0.25) is 0 Å². The summed E-state index contributed by atoms with van der Waals surface area (Å²) in [5.74, 6) is -1.88. The SMILES string of the molecule is O=S(=O)(N[C@H]1C[C@@H](c2c(-c3ccc(F)cc3)[nH]c3c(F)cc(F)cc32)C1)C1COC1. The molecule has 30 heavy (non-hydrogen) atoms. The Morgan fingerprint density at radius 3 is 2.33 bits per heavy atom. The van der Waals surface area contributed by atoms with Crippen LogP contribution in [0.1, 0.15) is 24.3 Å². The normalized spacial score (nSPS) is 22.1. The highest BCUT2D eigenvalue weighted by Gasteiger charge is 2.40. The van der Waals surface area contributed by atoms with Gasteiger partial charge in [0.2, 0.25) is 10.0 Å². The largest absolute Gasteiger partial charge is 0.378 e. The highest BCUT2D eigenvalue weighted by Crippen LogP contribution is 2.46. The van der Waals surface area contributed by atoms with Gasteiger partial charge in [0.05, 0.1) is 24.4 Å². The van der Waals surface area contributed by atoms with Crippen molar-refractivity contribution in [3.63, 3.8) is 0 Å². The molecule has 0 bridgehead atoms. The molecule has 5 nitrogen and oxygen atoms in total. The number of aromatic nitrogens is 1. The van der Waals surface area contributed by atoms with Crippen molar-refractivity contribution >= 4 is 20.9 Å². The van der Waals surface area contributed by atoms with E-state index in [9.17, 15) is 21.6 Å². The Morgan fingerprint density at radius 2 is 1.70 bits per heavy atom. The van der Waals surface area contributed by atoms with Gasteiger partial charge in [-0.2, -0.15) is 0 Å². The molecule has 1 saturated heterocycles. The second-order valence-corrected chi connectivity index (χ2v) is 9.91. The molecule has 2 aliphatic rings. The monoisotopic (exact) mass is 436 g/mol. The van der Waals surface area contributed by atoms with E-state index in [1.165, 1.54) is 18.2 Å². The minimum Gasteiger partial charge on any atom is -0.378 e. The summed E-state index contributed by atoms with van der Waals surface area (Å²) >= 11 is 0. The van der Waals surface area contributed by atoms with Gasteiger partial charge in [-0.25, -0.2) is 26.3 Å². The van der Waals surface area contributed by atoms with E-state index in [1.807, 2.05) is 0 Å². The molecule has 0 spiro atoms. The Balaban J connectivity index is 1.49. The number of hydrogen-bond acceptors (Lipinski definition) is 3. The number of hydrogen-bond donors (Lipinski definition) is 2. The maximum Gasteiger partial charge on any atom is 0.219 e. The first kappa shape index (κ1) is 19.6. The topological polar surface area (TPSA) is 71.2 Å². The number of nitrogens with one attached hydrogen (secondary N) is 2. The lowest BCUT2D eigenvalue weighted by Crippen LogP contribution is -2.52. The van der Waals surface area contributed by atoms with E-state index in [2.05, 4.69) is 9.71 Å². The molecule has 3 aromatic rings. The van der Waals surface area contributed by atoms with Gasteiger partial charge in [0.15, 0.2) is 0 Å². The summed E-state index contributed by atoms with van der Waals surface area (Å²) in [6, 6.07) is 7.61. The van der Waals surface area contributed by atoms with Gasteiger partial charge in [0.1, 0.15) is 22.7 Å². The van der Waals surface area contributed by atoms with Crippen LogP contribution in [0.4, 0.5) is 13.2 Å². The van der Waals surface area contributed by atoms with Crippen molar-refractivity contribution in [3.8, 4) is 11.3 Å². The Labute approximate surface area is 171 Å². The fourth-order valence-corrected chi connectivity index (χ4v) is 5.58. The van der Waals surface area contributed by atoms with Gasteiger partial charge in [-0.15, -0.1) is 0 Å². The first-order valence-electron chi connectivity index (χ1n) is 9.67. The lowest BCUT2D eigenvalue weighted by atomic mass is 9.74. The third kappa shape index (κ3) is 3.30. The molecule has 1 saturated carbocycles. The van der Waals surface area contributed by atoms with Crippen LogP contribution >= 0.6 is 0 Å². The second-order valence-electron chi connectivity index (χ2n) is 7.92. The van der Waals surface area contributed by atoms with Crippen molar-refractivity contribution in [1.82, 2.24) is 9.71 Å². The molecule has 2 N–H and O–H groups in total. The van der Waals surface area contributed by atoms with Gasteiger partial charge in [-0.05, 0) is 60.2 Å². The molecule has 2 heterocycles. The quantitative estimate of drug-likeness (QED) is 0.639. The molecule has 1 aliphatic carbocycles. The lowest BCUT2D eigenvalue weighted by molar-refractivity contribution is 0.0407. The maximum absolute atomic E-state index is 14.4. The molecule has 5 rings (SSSR count). The predicted molar refractivity (Wildman–Crippen MR) is 106 cm³/mol. The fraction of sp³-hybridized carbons (Fsp3) is 0.333. The predicted octanol–water partition coefficient (Wildman–Crippen LogP) is 3.82. The van der Waals surface area contributed by atoms with Crippen LogP contribution in [0.15, 0.2) is 36.4 Å². The van der Waals surface area contributed by atoms with Crippen LogP contribution in [0.3, 0.4) is 0 Å². The average molecular weight is 436 g/mol. The van der Waals surface area contributed by atoms with Crippen LogP contribution in [-0.4, -0.2) is 37.9 Å². The van der Waals surface area contributed by atoms with Crippen molar-refractivity contribution in [2.45, 2.75) is 30.1 Å². The van der Waals surface area contributed by atoms with Gasteiger partial charge in [0.25, 0.3) is 0 Å². The van der Waals surface area contributed by atoms with Crippen LogP contribution in [0.5, 0.6) is 0 Å². The third-order valence-corrected chi connectivity index (χ3v) is 7.73. The number of aromatic amines is 1. The highest BCUT2D eigenvalue weighted by molar-refractivity contribution is 7.90. The molecule has 9 heteroatoms. The molecule has 1 aliphatic heterocycles. The highest BCUT2D eigenvalue weighted by atomic mass is 32.2. The van der Waals surface area contributed by atoms with Crippen LogP contribution in [0.25, 0.3) is 22.2 Å². The van der Waals surface area contributed by atoms with Crippen LogP contribution in [0, 0.1) is 17.5 Å². The zero-order valence-corrected chi connectivity index (χ0v) is 16.6. The van der Waals surface area contributed by atoms with E-state index in [1.54, 1.807) is 12.1 Å². The third-order valence-electron chi connectivity index (χ3n) is 5.92. The number of benzene rings is 2. The van der Waals surface area contributed by atoms with Crippen molar-refractivity contribution in [2.75, 3.05) is 13.2 Å². The Morgan fingerprint density at radius 1 is 1.00 bits per heavy atom. The number of ether oxygens (including phenoxy) is 1. The maximum atomic E-state index is 14.4. The number of sulfonamides is 1. The summed E-state index contributed by atoms with van der Waals surface area (Å²) in [5, 5.41) is -0.104. The summed E-state index contributed by atoms with van der Waals surface area (Å²) in [6.07, 6.45) is 1.01. The number of fused-ring (bicyclic) bond motifs is 1. The molecule has 0 unspecified atom stereocenters. The Hall–Kier alpha value is -2.36. The second kappa shape index (κ2) is 7.11. The zero-order chi connectivity index (χ0) is 21.0. The minimum atomic E-state index is -3.44. The van der Waals surface area contributed by atoms with E-state index < -0.39 is 32.7 Å². The Bertz CT molecular complexity index is 1210. The van der Waals surface area contributed by atoms with Gasteiger partial charge >= 0.3 is 0 Å². The zero-order valence-electron chi connectivity index (χ0n) is 15.8. The number of H-pyrrole nitrogens is 1.